The van der Waals surface area contributed by atoms with Crippen LogP contribution in [0.4, 0.5) is 0 Å². The van der Waals surface area contributed by atoms with E-state index in [-0.39, 0.29) is 31.0 Å². The number of aliphatic hydroxyl groups excluding tert-OH is 1. The Kier molecular flexibility index (Phi) is 9.97. The SMILES string of the molecule is O=C1C=CCOc2cccc(c2)[C@H](NC(=O)c2ccccc2)[C@@H](O)C(=O)OC2CC3CC(CO1)C(OC(=O)c1ccccc1)C(C3)C2. The van der Waals surface area contributed by atoms with Gasteiger partial charge in [0.2, 0.25) is 0 Å². The molecular weight excluding hydrogens is 602 g/mol. The van der Waals surface area contributed by atoms with Gasteiger partial charge in [0.1, 0.15) is 24.6 Å². The van der Waals surface area contributed by atoms with Crippen LogP contribution in [0.5, 0.6) is 5.75 Å². The first kappa shape index (κ1) is 32.0. The van der Waals surface area contributed by atoms with Gasteiger partial charge in [0.05, 0.1) is 18.2 Å². The molecule has 10 nitrogen and oxygen atoms in total. The van der Waals surface area contributed by atoms with Crippen LogP contribution < -0.4 is 10.1 Å². The number of carbonyl (C=O) groups excluding carboxylic acids is 4. The molecule has 3 aromatic carbocycles. The van der Waals surface area contributed by atoms with Crippen LogP contribution in [0, 0.1) is 17.8 Å². The molecule has 2 N–H and O–H groups in total. The average Bonchev–Trinajstić information content (AvgIpc) is 3.09. The van der Waals surface area contributed by atoms with Gasteiger partial charge in [-0.2, -0.15) is 0 Å². The van der Waals surface area contributed by atoms with Gasteiger partial charge >= 0.3 is 17.9 Å². The monoisotopic (exact) mass is 639 g/mol. The highest BCUT2D eigenvalue weighted by molar-refractivity contribution is 5.95. The molecule has 244 valence electrons. The highest BCUT2D eigenvalue weighted by Crippen LogP contribution is 2.45. The van der Waals surface area contributed by atoms with Crippen molar-refractivity contribution in [2.75, 3.05) is 13.2 Å². The van der Waals surface area contributed by atoms with E-state index in [1.807, 2.05) is 6.07 Å². The number of hydrogen-bond acceptors (Lipinski definition) is 9. The summed E-state index contributed by atoms with van der Waals surface area (Å²) in [6.07, 6.45) is 2.26. The van der Waals surface area contributed by atoms with E-state index in [4.69, 9.17) is 18.9 Å². The second kappa shape index (κ2) is 14.6. The fourth-order valence-corrected chi connectivity index (χ4v) is 6.90. The number of benzene rings is 3. The molecule has 6 bridgehead atoms. The Morgan fingerprint density at radius 2 is 1.53 bits per heavy atom. The first-order valence-corrected chi connectivity index (χ1v) is 15.9. The molecule has 0 radical (unpaired) electrons. The smallest absolute Gasteiger partial charge is 0.338 e. The van der Waals surface area contributed by atoms with Crippen LogP contribution in [0.2, 0.25) is 0 Å². The van der Waals surface area contributed by atoms with Gasteiger partial charge in [-0.25, -0.2) is 14.4 Å². The molecule has 0 saturated heterocycles. The van der Waals surface area contributed by atoms with Gasteiger partial charge in [-0.05, 0) is 79.6 Å². The van der Waals surface area contributed by atoms with Gasteiger partial charge in [-0.3, -0.25) is 4.79 Å². The molecular formula is C37H37NO9. The van der Waals surface area contributed by atoms with Crippen molar-refractivity contribution >= 4 is 23.8 Å². The minimum Gasteiger partial charge on any atom is -0.490 e. The third-order valence-corrected chi connectivity index (χ3v) is 9.04. The van der Waals surface area contributed by atoms with Crippen molar-refractivity contribution in [3.8, 4) is 5.75 Å². The molecule has 5 unspecified atom stereocenters. The maximum atomic E-state index is 13.6. The molecule has 0 aromatic heterocycles. The summed E-state index contributed by atoms with van der Waals surface area (Å²) in [4.78, 5) is 52.6. The van der Waals surface area contributed by atoms with Crippen molar-refractivity contribution in [2.45, 2.75) is 50.0 Å². The van der Waals surface area contributed by atoms with Gasteiger partial charge in [-0.1, -0.05) is 48.5 Å². The second-order valence-electron chi connectivity index (χ2n) is 12.3. The highest BCUT2D eigenvalue weighted by Gasteiger charge is 2.47. The molecule has 7 atom stereocenters. The lowest BCUT2D eigenvalue weighted by Crippen LogP contribution is -2.49. The minimum absolute atomic E-state index is 0.0385. The standard InChI is InChI=1S/C37H37NO9/c39-31-15-8-16-44-29-14-7-13-26(20-29)32(38-35(41)24-9-3-1-4-10-24)33(40)37(43)46-30-19-23-17-27(21-30)34(28(18-23)22-45-31)47-36(42)25-11-5-2-6-12-25/h1-15,20,23,27-28,30,32-34,40H,16-19,21-22H2,(H,38,41)/t23?,27?,28?,30?,32-,33+,34?/m0/s1. The Hall–Kier alpha value is -4.96. The van der Waals surface area contributed by atoms with E-state index in [0.717, 1.165) is 6.42 Å². The van der Waals surface area contributed by atoms with E-state index < -0.39 is 48.2 Å². The van der Waals surface area contributed by atoms with E-state index in [0.29, 0.717) is 41.7 Å². The highest BCUT2D eigenvalue weighted by atomic mass is 16.6. The predicted molar refractivity (Wildman–Crippen MR) is 169 cm³/mol. The minimum atomic E-state index is -1.73. The first-order chi connectivity index (χ1) is 22.8. The molecule has 2 saturated carbocycles. The van der Waals surface area contributed by atoms with Crippen LogP contribution in [0.3, 0.4) is 0 Å². The Morgan fingerprint density at radius 3 is 2.30 bits per heavy atom. The molecule has 2 fully saturated rings. The quantitative estimate of drug-likeness (QED) is 0.310. The van der Waals surface area contributed by atoms with Crippen LogP contribution in [-0.4, -0.2) is 60.4 Å². The van der Waals surface area contributed by atoms with E-state index in [1.54, 1.807) is 78.9 Å². The average molecular weight is 640 g/mol. The maximum absolute atomic E-state index is 13.6. The van der Waals surface area contributed by atoms with Gasteiger partial charge < -0.3 is 29.4 Å². The number of aliphatic hydroxyl groups is 1. The normalized spacial score (nSPS) is 27.6. The first-order valence-electron chi connectivity index (χ1n) is 15.9. The van der Waals surface area contributed by atoms with Crippen LogP contribution in [0.15, 0.2) is 97.1 Å². The van der Waals surface area contributed by atoms with E-state index in [1.165, 1.54) is 12.2 Å². The molecule has 0 spiro atoms. The molecule has 1 amide bonds. The summed E-state index contributed by atoms with van der Waals surface area (Å²) in [5.41, 5.74) is 1.19. The Labute approximate surface area is 272 Å². The van der Waals surface area contributed by atoms with Crippen molar-refractivity contribution in [2.24, 2.45) is 17.8 Å². The zero-order chi connectivity index (χ0) is 32.8. The van der Waals surface area contributed by atoms with Gasteiger partial charge in [0.25, 0.3) is 5.91 Å². The van der Waals surface area contributed by atoms with Gasteiger partial charge in [-0.15, -0.1) is 0 Å². The van der Waals surface area contributed by atoms with Crippen LogP contribution >= 0.6 is 0 Å². The number of carbonyl (C=O) groups is 4. The predicted octanol–water partition coefficient (Wildman–Crippen LogP) is 4.58. The van der Waals surface area contributed by atoms with Crippen molar-refractivity contribution in [3.63, 3.8) is 0 Å². The molecule has 2 aliphatic heterocycles. The maximum Gasteiger partial charge on any atom is 0.338 e. The van der Waals surface area contributed by atoms with Crippen LogP contribution in [0.1, 0.15) is 58.0 Å². The second-order valence-corrected chi connectivity index (χ2v) is 12.3. The summed E-state index contributed by atoms with van der Waals surface area (Å²) in [6, 6.07) is 22.7. The topological polar surface area (TPSA) is 137 Å². The van der Waals surface area contributed by atoms with Crippen molar-refractivity contribution in [3.05, 3.63) is 114 Å². The third kappa shape index (κ3) is 7.89. The number of nitrogens with one attached hydrogen (secondary N) is 1. The Bertz CT molecular complexity index is 1610. The Balaban J connectivity index is 1.28. The van der Waals surface area contributed by atoms with Gasteiger partial charge in [0, 0.05) is 23.5 Å². The number of rotatable bonds is 4. The Morgan fingerprint density at radius 1 is 0.809 bits per heavy atom. The molecule has 7 rings (SSSR count). The van der Waals surface area contributed by atoms with Gasteiger partial charge in [0.15, 0.2) is 6.10 Å². The summed E-state index contributed by atoms with van der Waals surface area (Å²) in [5, 5.41) is 14.2. The number of esters is 3. The van der Waals surface area contributed by atoms with E-state index in [9.17, 15) is 24.3 Å². The van der Waals surface area contributed by atoms with E-state index in [2.05, 4.69) is 5.32 Å². The lowest BCUT2D eigenvalue weighted by molar-refractivity contribution is -0.169. The molecule has 2 aliphatic carbocycles. The summed E-state index contributed by atoms with van der Waals surface area (Å²) in [5.74, 6) is -2.25. The van der Waals surface area contributed by atoms with E-state index >= 15 is 0 Å². The number of fused-ring (bicyclic) bond motifs is 8. The number of amides is 1. The molecule has 47 heavy (non-hydrogen) atoms. The van der Waals surface area contributed by atoms with Crippen LogP contribution in [0.25, 0.3) is 0 Å². The molecule has 2 heterocycles. The summed E-state index contributed by atoms with van der Waals surface area (Å²) >= 11 is 0. The third-order valence-electron chi connectivity index (χ3n) is 9.04. The largest absolute Gasteiger partial charge is 0.490 e. The lowest BCUT2D eigenvalue weighted by atomic mass is 9.65. The molecule has 10 heteroatoms. The fourth-order valence-electron chi connectivity index (χ4n) is 6.90. The summed E-state index contributed by atoms with van der Waals surface area (Å²) in [7, 11) is 0. The zero-order valence-electron chi connectivity index (χ0n) is 25.7. The summed E-state index contributed by atoms with van der Waals surface area (Å²) in [6.45, 7) is 0.106. The number of ether oxygens (including phenoxy) is 4. The van der Waals surface area contributed by atoms with Crippen molar-refractivity contribution in [1.29, 1.82) is 0 Å². The lowest BCUT2D eigenvalue weighted by Gasteiger charge is -2.46. The summed E-state index contributed by atoms with van der Waals surface area (Å²) < 4.78 is 23.4. The van der Waals surface area contributed by atoms with Crippen molar-refractivity contribution < 1.29 is 43.2 Å². The number of hydrogen-bond donors (Lipinski definition) is 2. The zero-order valence-corrected chi connectivity index (χ0v) is 25.7. The van der Waals surface area contributed by atoms with Crippen LogP contribution in [-0.2, 0) is 23.8 Å². The molecule has 4 aliphatic rings. The fraction of sp³-hybridized carbons (Fsp3) is 0.351. The van der Waals surface area contributed by atoms with Crippen molar-refractivity contribution in [1.82, 2.24) is 5.32 Å². The molecule has 3 aromatic rings.